The van der Waals surface area contributed by atoms with Crippen LogP contribution in [0.3, 0.4) is 0 Å². The standard InChI is InChI=1S/C17H25N5O3/c1-4-9-19-17(25)22-13-7-5-12(6-8-13)21-14(23)10-20-16(24)15(18)11(2)3/h4-8,11,15H,1,9-10,18H2,2-3H3,(H,20,24)(H,21,23)(H2,19,22,25)/t15-/m0/s1. The minimum atomic E-state index is -0.648. The van der Waals surface area contributed by atoms with Crippen LogP contribution in [0.2, 0.25) is 0 Å². The van der Waals surface area contributed by atoms with Crippen molar-refractivity contribution in [3.8, 4) is 0 Å². The van der Waals surface area contributed by atoms with Crippen LogP contribution in [0.5, 0.6) is 0 Å². The molecule has 1 rings (SSSR count). The Morgan fingerprint density at radius 2 is 1.64 bits per heavy atom. The van der Waals surface area contributed by atoms with Crippen molar-refractivity contribution in [3.63, 3.8) is 0 Å². The van der Waals surface area contributed by atoms with Crippen molar-refractivity contribution < 1.29 is 14.4 Å². The average molecular weight is 347 g/mol. The van der Waals surface area contributed by atoms with Gasteiger partial charge >= 0.3 is 6.03 Å². The van der Waals surface area contributed by atoms with Gasteiger partial charge in [-0.2, -0.15) is 0 Å². The monoisotopic (exact) mass is 347 g/mol. The van der Waals surface area contributed by atoms with E-state index in [4.69, 9.17) is 5.73 Å². The molecule has 0 fully saturated rings. The predicted molar refractivity (Wildman–Crippen MR) is 98.1 cm³/mol. The van der Waals surface area contributed by atoms with Gasteiger partial charge in [0.25, 0.3) is 0 Å². The summed E-state index contributed by atoms with van der Waals surface area (Å²) in [4.78, 5) is 35.0. The average Bonchev–Trinajstić information content (AvgIpc) is 2.58. The molecule has 1 aromatic carbocycles. The molecule has 0 aliphatic carbocycles. The van der Waals surface area contributed by atoms with Crippen molar-refractivity contribution in [1.29, 1.82) is 0 Å². The van der Waals surface area contributed by atoms with Crippen molar-refractivity contribution in [2.75, 3.05) is 23.7 Å². The Hall–Kier alpha value is -2.87. The smallest absolute Gasteiger partial charge is 0.319 e. The van der Waals surface area contributed by atoms with E-state index in [9.17, 15) is 14.4 Å². The molecule has 8 nitrogen and oxygen atoms in total. The van der Waals surface area contributed by atoms with Gasteiger partial charge in [0.2, 0.25) is 11.8 Å². The Morgan fingerprint density at radius 3 is 2.16 bits per heavy atom. The van der Waals surface area contributed by atoms with Crippen LogP contribution in [-0.2, 0) is 9.59 Å². The van der Waals surface area contributed by atoms with Crippen LogP contribution in [0.4, 0.5) is 16.2 Å². The number of carbonyl (C=O) groups is 3. The number of hydrogen-bond acceptors (Lipinski definition) is 4. The number of rotatable bonds is 8. The van der Waals surface area contributed by atoms with Crippen LogP contribution in [0, 0.1) is 5.92 Å². The molecule has 0 heterocycles. The van der Waals surface area contributed by atoms with Crippen LogP contribution >= 0.6 is 0 Å². The molecule has 0 aliphatic rings. The summed E-state index contributed by atoms with van der Waals surface area (Å²) in [6.45, 7) is 7.37. The SMILES string of the molecule is C=CCNC(=O)Nc1ccc(NC(=O)CNC(=O)[C@@H](N)C(C)C)cc1. The summed E-state index contributed by atoms with van der Waals surface area (Å²) in [5.74, 6) is -0.740. The first-order valence-corrected chi connectivity index (χ1v) is 7.92. The summed E-state index contributed by atoms with van der Waals surface area (Å²) in [5.41, 5.74) is 6.82. The van der Waals surface area contributed by atoms with Gasteiger partial charge in [0.15, 0.2) is 0 Å². The van der Waals surface area contributed by atoms with Crippen molar-refractivity contribution in [1.82, 2.24) is 10.6 Å². The van der Waals surface area contributed by atoms with Gasteiger partial charge in [0.1, 0.15) is 0 Å². The van der Waals surface area contributed by atoms with E-state index in [-0.39, 0.29) is 30.3 Å². The Labute approximate surface area is 147 Å². The third kappa shape index (κ3) is 7.49. The summed E-state index contributed by atoms with van der Waals surface area (Å²) in [5, 5.41) is 10.4. The fourth-order valence-electron chi connectivity index (χ4n) is 1.77. The van der Waals surface area contributed by atoms with Crippen LogP contribution < -0.4 is 27.0 Å². The molecule has 1 aromatic rings. The van der Waals surface area contributed by atoms with E-state index in [1.807, 2.05) is 13.8 Å². The second-order valence-corrected chi connectivity index (χ2v) is 5.74. The molecule has 0 bridgehead atoms. The quantitative estimate of drug-likeness (QED) is 0.450. The highest BCUT2D eigenvalue weighted by molar-refractivity contribution is 5.95. The first kappa shape index (κ1) is 20.2. The molecular weight excluding hydrogens is 322 g/mol. The fourth-order valence-corrected chi connectivity index (χ4v) is 1.77. The third-order valence-electron chi connectivity index (χ3n) is 3.28. The summed E-state index contributed by atoms with van der Waals surface area (Å²) in [6, 6.07) is 5.59. The lowest BCUT2D eigenvalue weighted by atomic mass is 10.1. The minimum Gasteiger partial charge on any atom is -0.346 e. The molecule has 1 atom stereocenters. The van der Waals surface area contributed by atoms with E-state index in [0.717, 1.165) is 0 Å². The topological polar surface area (TPSA) is 125 Å². The minimum absolute atomic E-state index is 0.00761. The highest BCUT2D eigenvalue weighted by Crippen LogP contribution is 2.13. The van der Waals surface area contributed by atoms with Gasteiger partial charge in [-0.15, -0.1) is 6.58 Å². The Morgan fingerprint density at radius 1 is 1.08 bits per heavy atom. The van der Waals surface area contributed by atoms with E-state index in [1.54, 1.807) is 30.3 Å². The van der Waals surface area contributed by atoms with Crippen LogP contribution in [0.15, 0.2) is 36.9 Å². The Balaban J connectivity index is 2.44. The second kappa shape index (κ2) is 10.1. The first-order chi connectivity index (χ1) is 11.8. The van der Waals surface area contributed by atoms with E-state index in [2.05, 4.69) is 27.8 Å². The molecule has 0 saturated heterocycles. The number of nitrogens with two attached hydrogens (primary N) is 1. The van der Waals surface area contributed by atoms with E-state index in [1.165, 1.54) is 0 Å². The number of nitrogens with one attached hydrogen (secondary N) is 4. The van der Waals surface area contributed by atoms with Gasteiger partial charge in [0, 0.05) is 17.9 Å². The normalized spacial score (nSPS) is 11.4. The summed E-state index contributed by atoms with van der Waals surface area (Å²) >= 11 is 0. The van der Waals surface area contributed by atoms with E-state index >= 15 is 0 Å². The highest BCUT2D eigenvalue weighted by atomic mass is 16.2. The van der Waals surface area contributed by atoms with Gasteiger partial charge in [-0.1, -0.05) is 19.9 Å². The third-order valence-corrected chi connectivity index (χ3v) is 3.28. The molecular formula is C17H25N5O3. The molecule has 0 aromatic heterocycles. The number of carbonyl (C=O) groups excluding carboxylic acids is 3. The molecule has 0 aliphatic heterocycles. The van der Waals surface area contributed by atoms with Crippen molar-refractivity contribution in [3.05, 3.63) is 36.9 Å². The fraction of sp³-hybridized carbons (Fsp3) is 0.353. The molecule has 0 saturated carbocycles. The number of anilines is 2. The van der Waals surface area contributed by atoms with Gasteiger partial charge in [-0.05, 0) is 30.2 Å². The molecule has 136 valence electrons. The number of hydrogen-bond donors (Lipinski definition) is 5. The summed E-state index contributed by atoms with van der Waals surface area (Å²) in [7, 11) is 0. The zero-order valence-corrected chi connectivity index (χ0v) is 14.5. The van der Waals surface area contributed by atoms with Gasteiger partial charge in [0.05, 0.1) is 12.6 Å². The van der Waals surface area contributed by atoms with Crippen molar-refractivity contribution in [2.24, 2.45) is 11.7 Å². The van der Waals surface area contributed by atoms with Crippen molar-refractivity contribution in [2.45, 2.75) is 19.9 Å². The van der Waals surface area contributed by atoms with Crippen LogP contribution in [0.1, 0.15) is 13.8 Å². The van der Waals surface area contributed by atoms with Crippen molar-refractivity contribution >= 4 is 29.2 Å². The lowest BCUT2D eigenvalue weighted by molar-refractivity contribution is -0.125. The lowest BCUT2D eigenvalue weighted by Gasteiger charge is -2.15. The predicted octanol–water partition coefficient (Wildman–Crippen LogP) is 1.03. The first-order valence-electron chi connectivity index (χ1n) is 7.92. The summed E-state index contributed by atoms with van der Waals surface area (Å²) in [6.07, 6.45) is 1.57. The van der Waals surface area contributed by atoms with Gasteiger partial charge in [-0.25, -0.2) is 4.79 Å². The number of benzene rings is 1. The largest absolute Gasteiger partial charge is 0.346 e. The number of amides is 4. The lowest BCUT2D eigenvalue weighted by Crippen LogP contribution is -2.46. The number of urea groups is 1. The van der Waals surface area contributed by atoms with E-state index in [0.29, 0.717) is 17.9 Å². The molecule has 0 radical (unpaired) electrons. The zero-order chi connectivity index (χ0) is 18.8. The zero-order valence-electron chi connectivity index (χ0n) is 14.5. The second-order valence-electron chi connectivity index (χ2n) is 5.74. The van der Waals surface area contributed by atoms with Gasteiger partial charge in [-0.3, -0.25) is 9.59 Å². The van der Waals surface area contributed by atoms with Gasteiger partial charge < -0.3 is 27.0 Å². The summed E-state index contributed by atoms with van der Waals surface area (Å²) < 4.78 is 0. The Kier molecular flexibility index (Phi) is 8.14. The maximum atomic E-state index is 11.8. The molecule has 0 spiro atoms. The van der Waals surface area contributed by atoms with Crippen LogP contribution in [0.25, 0.3) is 0 Å². The molecule has 4 amide bonds. The molecule has 25 heavy (non-hydrogen) atoms. The maximum absolute atomic E-state index is 11.8. The Bertz CT molecular complexity index is 613. The maximum Gasteiger partial charge on any atom is 0.319 e. The highest BCUT2D eigenvalue weighted by Gasteiger charge is 2.17. The molecule has 6 N–H and O–H groups in total. The molecule has 0 unspecified atom stereocenters. The van der Waals surface area contributed by atoms with Crippen LogP contribution in [-0.4, -0.2) is 37.0 Å². The molecule has 8 heteroatoms. The van der Waals surface area contributed by atoms with E-state index < -0.39 is 6.04 Å².